The first-order valence-electron chi connectivity index (χ1n) is 16.4. The summed E-state index contributed by atoms with van der Waals surface area (Å²) in [4.78, 5) is 6.75. The Morgan fingerprint density at radius 3 is 1.47 bits per heavy atom. The zero-order chi connectivity index (χ0) is 32.3. The van der Waals surface area contributed by atoms with E-state index in [1.54, 1.807) is 0 Å². The molecule has 2 heterocycles. The lowest BCUT2D eigenvalue weighted by molar-refractivity contribution is 0.794. The fourth-order valence-electron chi connectivity index (χ4n) is 8.74. The first-order valence-corrected chi connectivity index (χ1v) is 18.1. The van der Waals surface area contributed by atoms with E-state index < -0.39 is 0 Å². The zero-order valence-corrected chi connectivity index (χ0v) is 27.7. The van der Waals surface area contributed by atoms with E-state index in [9.17, 15) is 5.26 Å². The van der Waals surface area contributed by atoms with E-state index in [0.717, 1.165) is 33.5 Å². The molecule has 8 aromatic rings. The predicted octanol–water partition coefficient (Wildman–Crippen LogP) is 11.9. The van der Waals surface area contributed by atoms with Crippen molar-refractivity contribution in [1.82, 2.24) is 0 Å². The Hall–Kier alpha value is -5.86. The van der Waals surface area contributed by atoms with Crippen LogP contribution in [0, 0.1) is 11.5 Å². The van der Waals surface area contributed by atoms with E-state index in [4.69, 9.17) is 0 Å². The molecule has 0 unspecified atom stereocenters. The summed E-state index contributed by atoms with van der Waals surface area (Å²) in [6, 6.07) is 53.6. The van der Waals surface area contributed by atoms with Gasteiger partial charge < -0.3 is 0 Å². The van der Waals surface area contributed by atoms with Gasteiger partial charge in [0, 0.05) is 30.3 Å². The highest BCUT2D eigenvalue weighted by Gasteiger charge is 2.51. The van der Waals surface area contributed by atoms with Gasteiger partial charge in [-0.3, -0.25) is 0 Å². The van der Waals surface area contributed by atoms with E-state index in [0.29, 0.717) is 0 Å². The maximum Gasteiger partial charge on any atom is 0.206 e. The molecule has 0 bridgehead atoms. The van der Waals surface area contributed by atoms with Crippen LogP contribution in [0.5, 0.6) is 0 Å². The third-order valence-electron chi connectivity index (χ3n) is 10.7. The normalized spacial score (nSPS) is 14.7. The van der Waals surface area contributed by atoms with Gasteiger partial charge >= 0.3 is 0 Å². The Morgan fingerprint density at radius 2 is 0.878 bits per heavy atom. The summed E-state index contributed by atoms with van der Waals surface area (Å²) in [7, 11) is 0. The lowest BCUT2D eigenvalue weighted by Crippen LogP contribution is -2.25. The highest BCUT2D eigenvalue weighted by Crippen LogP contribution is 2.63. The van der Waals surface area contributed by atoms with Gasteiger partial charge in [-0.25, -0.2) is 0 Å². The third-order valence-corrected chi connectivity index (χ3v) is 13.1. The molecular weight excluding hydrogens is 633 g/mol. The Balaban J connectivity index is 1.01. The molecule has 0 amide bonds. The number of benzene rings is 6. The van der Waals surface area contributed by atoms with Crippen molar-refractivity contribution < 1.29 is 0 Å². The molecule has 3 aliphatic carbocycles. The molecule has 4 heteroatoms. The lowest BCUT2D eigenvalue weighted by atomic mass is 9.70. The van der Waals surface area contributed by atoms with Crippen molar-refractivity contribution in [2.45, 2.75) is 5.41 Å². The van der Waals surface area contributed by atoms with Crippen LogP contribution in [0.15, 0.2) is 151 Å². The van der Waals surface area contributed by atoms with Crippen LogP contribution in [0.4, 0.5) is 0 Å². The highest BCUT2D eigenvalue weighted by molar-refractivity contribution is 7.31. The van der Waals surface area contributed by atoms with Gasteiger partial charge in [-0.05, 0) is 91.0 Å². The molecule has 0 N–H and O–H groups in total. The summed E-state index contributed by atoms with van der Waals surface area (Å²) in [5, 5.41) is 9.45. The number of rotatable bonds is 2. The Labute approximate surface area is 291 Å². The number of hydrogen-bond donors (Lipinski definition) is 0. The monoisotopic (exact) mass is 656 g/mol. The van der Waals surface area contributed by atoms with E-state index in [-0.39, 0.29) is 5.41 Å². The second-order valence-electron chi connectivity index (χ2n) is 13.0. The number of thiophene rings is 2. The lowest BCUT2D eigenvalue weighted by Gasteiger charge is -2.30. The van der Waals surface area contributed by atoms with Gasteiger partial charge in [-0.2, -0.15) is 10.3 Å². The smallest absolute Gasteiger partial charge is 0.172 e. The molecule has 0 radical (unpaired) electrons. The molecule has 0 aliphatic heterocycles. The fraction of sp³-hybridized carbons (Fsp3) is 0.0222. The van der Waals surface area contributed by atoms with Gasteiger partial charge in [-0.1, -0.05) is 121 Å². The van der Waals surface area contributed by atoms with E-state index in [2.05, 4.69) is 138 Å². The van der Waals surface area contributed by atoms with Gasteiger partial charge in [0.05, 0.1) is 11.1 Å². The fourth-order valence-corrected chi connectivity index (χ4v) is 11.1. The summed E-state index contributed by atoms with van der Waals surface area (Å²) in [6.45, 7) is 0. The maximum atomic E-state index is 9.45. The van der Waals surface area contributed by atoms with Crippen molar-refractivity contribution in [3.05, 3.63) is 179 Å². The largest absolute Gasteiger partial charge is 0.206 e. The van der Waals surface area contributed by atoms with Crippen molar-refractivity contribution in [3.8, 4) is 60.5 Å². The van der Waals surface area contributed by atoms with Crippen LogP contribution in [-0.4, -0.2) is 5.71 Å². The third kappa shape index (κ3) is 3.51. The Bertz CT molecular complexity index is 2730. The quantitative estimate of drug-likeness (QED) is 0.171. The minimum Gasteiger partial charge on any atom is -0.172 e. The van der Waals surface area contributed by atoms with Crippen LogP contribution in [-0.2, 0) is 5.41 Å². The van der Waals surface area contributed by atoms with Crippen LogP contribution >= 0.6 is 22.7 Å². The Kier molecular flexibility index (Phi) is 5.45. The first kappa shape index (κ1) is 27.1. The van der Waals surface area contributed by atoms with Gasteiger partial charge in [0.25, 0.3) is 0 Å². The molecule has 6 aromatic carbocycles. The molecule has 0 saturated heterocycles. The van der Waals surface area contributed by atoms with E-state index in [1.807, 2.05) is 41.0 Å². The topological polar surface area (TPSA) is 36.1 Å². The molecule has 2 aromatic heterocycles. The molecule has 0 fully saturated rings. The van der Waals surface area contributed by atoms with Crippen LogP contribution in [0.25, 0.3) is 63.7 Å². The summed E-state index contributed by atoms with van der Waals surface area (Å²) in [6.07, 6.45) is 2.03. The maximum absolute atomic E-state index is 9.45. The first-order chi connectivity index (χ1) is 24.2. The van der Waals surface area contributed by atoms with Gasteiger partial charge in [0.15, 0.2) is 0 Å². The highest BCUT2D eigenvalue weighted by atomic mass is 32.1. The van der Waals surface area contributed by atoms with Crippen LogP contribution in [0.3, 0.4) is 0 Å². The van der Waals surface area contributed by atoms with Crippen molar-refractivity contribution in [2.75, 3.05) is 0 Å². The second-order valence-corrected chi connectivity index (χ2v) is 15.1. The summed E-state index contributed by atoms with van der Waals surface area (Å²) < 4.78 is 2.58. The van der Waals surface area contributed by atoms with Crippen molar-refractivity contribution in [3.63, 3.8) is 0 Å². The summed E-state index contributed by atoms with van der Waals surface area (Å²) >= 11 is 3.69. The molecule has 0 saturated carbocycles. The number of fused-ring (bicyclic) bond motifs is 14. The minimum atomic E-state index is -0.308. The van der Waals surface area contributed by atoms with Crippen LogP contribution < -0.4 is 0 Å². The van der Waals surface area contributed by atoms with Gasteiger partial charge in [0.1, 0.15) is 0 Å². The van der Waals surface area contributed by atoms with Crippen molar-refractivity contribution >= 4 is 37.8 Å². The molecular formula is C45H24N2S2. The molecule has 11 rings (SSSR count). The number of nitriles is 1. The van der Waals surface area contributed by atoms with Crippen molar-refractivity contribution in [1.29, 1.82) is 5.26 Å². The molecule has 1 spiro atoms. The second kappa shape index (κ2) is 9.84. The molecule has 49 heavy (non-hydrogen) atoms. The number of nitrogens with zero attached hydrogens (tertiary/aromatic N) is 2. The molecule has 2 nitrogen and oxygen atoms in total. The average Bonchev–Trinajstić information content (AvgIpc) is 3.94. The van der Waals surface area contributed by atoms with Gasteiger partial charge in [0.2, 0.25) is 6.19 Å². The van der Waals surface area contributed by atoms with Crippen LogP contribution in [0.1, 0.15) is 33.4 Å². The number of aliphatic imine (C=N–C) groups is 1. The van der Waals surface area contributed by atoms with E-state index in [1.165, 1.54) is 69.2 Å². The van der Waals surface area contributed by atoms with E-state index >= 15 is 0 Å². The average molecular weight is 657 g/mol. The van der Waals surface area contributed by atoms with Gasteiger partial charge in [-0.15, -0.1) is 22.7 Å². The number of hydrogen-bond acceptors (Lipinski definition) is 4. The Morgan fingerprint density at radius 1 is 0.429 bits per heavy atom. The minimum absolute atomic E-state index is 0.308. The zero-order valence-electron chi connectivity index (χ0n) is 26.1. The molecule has 0 atom stereocenters. The van der Waals surface area contributed by atoms with Crippen molar-refractivity contribution in [2.24, 2.45) is 4.99 Å². The summed E-state index contributed by atoms with van der Waals surface area (Å²) in [5.41, 5.74) is 18.0. The molecule has 3 aliphatic rings. The molecule has 226 valence electrons. The predicted molar refractivity (Wildman–Crippen MR) is 204 cm³/mol. The SMILES string of the molecule is N#CN=C1c2ccccc2-c2ccc(-c3cc4sc(-c5ccc6c(c5)-c5ccccc5C65c6ccccc6-c6ccccc65)cc4s3)cc21. The summed E-state index contributed by atoms with van der Waals surface area (Å²) in [5.74, 6) is 0. The standard InChI is InChI=1S/C45H24N2S2/c46-25-47-44-33-13-2-1-9-28(33)29-19-17-26(22-35(29)44)40-23-42-43(48-40)24-41(49-42)27-18-20-39-34(21-27)32-12-5-8-16-38(32)45(39)36-14-6-3-10-30(36)31-11-4-7-15-37(31)45/h1-24H. The van der Waals surface area contributed by atoms with Crippen LogP contribution in [0.2, 0.25) is 0 Å².